The Labute approximate surface area is 63.4 Å². The smallest absolute Gasteiger partial charge is 0.00195 e. The molecule has 0 N–H and O–H groups in total. The van der Waals surface area contributed by atoms with Crippen molar-refractivity contribution >= 4 is 12.6 Å². The third-order valence-electron chi connectivity index (χ3n) is 2.57. The van der Waals surface area contributed by atoms with Crippen LogP contribution >= 0.6 is 12.6 Å². The Kier molecular flexibility index (Phi) is 2.45. The summed E-state index contributed by atoms with van der Waals surface area (Å²) in [6, 6.07) is 0. The van der Waals surface area contributed by atoms with E-state index in [0.717, 1.165) is 11.8 Å². The van der Waals surface area contributed by atoms with Crippen molar-refractivity contribution in [2.45, 2.75) is 38.4 Å². The fourth-order valence-corrected chi connectivity index (χ4v) is 2.00. The topological polar surface area (TPSA) is 0 Å². The molecule has 0 aliphatic heterocycles. The summed E-state index contributed by atoms with van der Waals surface area (Å²) < 4.78 is 0. The lowest BCUT2D eigenvalue weighted by molar-refractivity contribution is 0.284. The van der Waals surface area contributed by atoms with Crippen LogP contribution in [0.25, 0.3) is 0 Å². The first kappa shape index (κ1) is 7.46. The van der Waals surface area contributed by atoms with Gasteiger partial charge in [0.1, 0.15) is 0 Å². The third kappa shape index (κ3) is 1.89. The van der Waals surface area contributed by atoms with Crippen LogP contribution in [0.4, 0.5) is 0 Å². The van der Waals surface area contributed by atoms with Gasteiger partial charge in [-0.05, 0) is 31.1 Å². The monoisotopic (exact) mass is 144 g/mol. The van der Waals surface area contributed by atoms with Gasteiger partial charge in [-0.1, -0.05) is 13.8 Å². The summed E-state index contributed by atoms with van der Waals surface area (Å²) in [5.74, 6) is 1.84. The number of hydrogen-bond acceptors (Lipinski definition) is 1. The molecule has 1 aliphatic carbocycles. The molecule has 1 rings (SSSR count). The molecule has 1 saturated carbocycles. The second kappa shape index (κ2) is 2.96. The average Bonchev–Trinajstić information content (AvgIpc) is 1.80. The van der Waals surface area contributed by atoms with Crippen LogP contribution in [0.5, 0.6) is 0 Å². The Morgan fingerprint density at radius 2 is 1.78 bits per heavy atom. The van der Waals surface area contributed by atoms with E-state index in [1.165, 1.54) is 19.3 Å². The van der Waals surface area contributed by atoms with E-state index in [2.05, 4.69) is 26.5 Å². The highest BCUT2D eigenvalue weighted by Gasteiger charge is 2.21. The van der Waals surface area contributed by atoms with Crippen LogP contribution in [0.1, 0.15) is 33.1 Å². The molecule has 1 aliphatic rings. The first-order chi connectivity index (χ1) is 4.20. The van der Waals surface area contributed by atoms with Crippen LogP contribution in [-0.4, -0.2) is 5.25 Å². The summed E-state index contributed by atoms with van der Waals surface area (Å²) in [6.45, 7) is 4.69. The predicted octanol–water partition coefficient (Wildman–Crippen LogP) is 2.74. The van der Waals surface area contributed by atoms with Gasteiger partial charge in [-0.3, -0.25) is 0 Å². The summed E-state index contributed by atoms with van der Waals surface area (Å²) in [4.78, 5) is 0. The second-order valence-corrected chi connectivity index (χ2v) is 4.15. The standard InChI is InChI=1S/C8H16S/c1-6-3-4-8(9)5-7(6)2/h6-9H,3-5H2,1-2H3. The second-order valence-electron chi connectivity index (χ2n) is 3.42. The normalized spacial score (nSPS) is 45.0. The summed E-state index contributed by atoms with van der Waals surface area (Å²) in [5, 5.41) is 0.691. The van der Waals surface area contributed by atoms with Gasteiger partial charge < -0.3 is 0 Å². The van der Waals surface area contributed by atoms with Crippen LogP contribution in [-0.2, 0) is 0 Å². The van der Waals surface area contributed by atoms with Gasteiger partial charge in [0.25, 0.3) is 0 Å². The quantitative estimate of drug-likeness (QED) is 0.497. The highest BCUT2D eigenvalue weighted by atomic mass is 32.1. The molecular weight excluding hydrogens is 128 g/mol. The lowest BCUT2D eigenvalue weighted by Gasteiger charge is -2.29. The molecule has 1 fully saturated rings. The minimum absolute atomic E-state index is 0.691. The van der Waals surface area contributed by atoms with E-state index in [9.17, 15) is 0 Å². The fourth-order valence-electron chi connectivity index (χ4n) is 1.52. The van der Waals surface area contributed by atoms with E-state index in [-0.39, 0.29) is 0 Å². The lowest BCUT2D eigenvalue weighted by atomic mass is 9.81. The zero-order valence-corrected chi connectivity index (χ0v) is 7.20. The summed E-state index contributed by atoms with van der Waals surface area (Å²) >= 11 is 4.46. The van der Waals surface area contributed by atoms with Crippen molar-refractivity contribution in [2.75, 3.05) is 0 Å². The van der Waals surface area contributed by atoms with Crippen molar-refractivity contribution in [3.05, 3.63) is 0 Å². The summed E-state index contributed by atoms with van der Waals surface area (Å²) in [5.41, 5.74) is 0. The molecule has 0 spiro atoms. The van der Waals surface area contributed by atoms with Crippen LogP contribution in [0.2, 0.25) is 0 Å². The van der Waals surface area contributed by atoms with Gasteiger partial charge >= 0.3 is 0 Å². The van der Waals surface area contributed by atoms with Gasteiger partial charge in [0.2, 0.25) is 0 Å². The van der Waals surface area contributed by atoms with Crippen LogP contribution < -0.4 is 0 Å². The van der Waals surface area contributed by atoms with E-state index in [4.69, 9.17) is 0 Å². The first-order valence-corrected chi connectivity index (χ1v) is 4.40. The Bertz CT molecular complexity index is 90.6. The maximum atomic E-state index is 4.46. The Balaban J connectivity index is 2.35. The van der Waals surface area contributed by atoms with E-state index in [0.29, 0.717) is 5.25 Å². The zero-order valence-electron chi connectivity index (χ0n) is 6.30. The van der Waals surface area contributed by atoms with Crippen molar-refractivity contribution in [3.8, 4) is 0 Å². The van der Waals surface area contributed by atoms with Crippen LogP contribution in [0.15, 0.2) is 0 Å². The van der Waals surface area contributed by atoms with Crippen molar-refractivity contribution in [1.82, 2.24) is 0 Å². The number of thiol groups is 1. The van der Waals surface area contributed by atoms with Crippen LogP contribution in [0.3, 0.4) is 0 Å². The fraction of sp³-hybridized carbons (Fsp3) is 1.00. The summed E-state index contributed by atoms with van der Waals surface area (Å²) in [6.07, 6.45) is 4.04. The zero-order chi connectivity index (χ0) is 6.85. The average molecular weight is 144 g/mol. The molecule has 54 valence electrons. The van der Waals surface area contributed by atoms with E-state index in [1.54, 1.807) is 0 Å². The van der Waals surface area contributed by atoms with Crippen molar-refractivity contribution < 1.29 is 0 Å². The molecule has 0 radical (unpaired) electrons. The van der Waals surface area contributed by atoms with Crippen molar-refractivity contribution in [1.29, 1.82) is 0 Å². The highest BCUT2D eigenvalue weighted by molar-refractivity contribution is 7.80. The van der Waals surface area contributed by atoms with Gasteiger partial charge in [0.05, 0.1) is 0 Å². The minimum atomic E-state index is 0.691. The van der Waals surface area contributed by atoms with E-state index >= 15 is 0 Å². The molecule has 1 heteroatoms. The molecule has 0 heterocycles. The number of rotatable bonds is 0. The van der Waals surface area contributed by atoms with Gasteiger partial charge in [-0.15, -0.1) is 0 Å². The molecule has 0 aromatic heterocycles. The lowest BCUT2D eigenvalue weighted by Crippen LogP contribution is -2.20. The Morgan fingerprint density at radius 3 is 2.22 bits per heavy atom. The highest BCUT2D eigenvalue weighted by Crippen LogP contribution is 2.31. The van der Waals surface area contributed by atoms with Gasteiger partial charge in [0, 0.05) is 5.25 Å². The van der Waals surface area contributed by atoms with E-state index < -0.39 is 0 Å². The van der Waals surface area contributed by atoms with Gasteiger partial charge in [-0.2, -0.15) is 12.6 Å². The Hall–Kier alpha value is 0.350. The van der Waals surface area contributed by atoms with Gasteiger partial charge in [-0.25, -0.2) is 0 Å². The van der Waals surface area contributed by atoms with Gasteiger partial charge in [0.15, 0.2) is 0 Å². The molecule has 0 nitrogen and oxygen atoms in total. The molecule has 3 unspecified atom stereocenters. The predicted molar refractivity (Wildman–Crippen MR) is 45.0 cm³/mol. The molecule has 9 heavy (non-hydrogen) atoms. The molecule has 3 atom stereocenters. The molecule has 0 saturated heterocycles. The molecule has 0 aromatic rings. The summed E-state index contributed by atoms with van der Waals surface area (Å²) in [7, 11) is 0. The van der Waals surface area contributed by atoms with Crippen molar-refractivity contribution in [3.63, 3.8) is 0 Å². The maximum absolute atomic E-state index is 4.46. The van der Waals surface area contributed by atoms with Crippen molar-refractivity contribution in [2.24, 2.45) is 11.8 Å². The molecule has 0 bridgehead atoms. The van der Waals surface area contributed by atoms with Crippen LogP contribution in [0, 0.1) is 11.8 Å². The largest absolute Gasteiger partial charge is 0.176 e. The third-order valence-corrected chi connectivity index (χ3v) is 3.04. The SMILES string of the molecule is CC1CCC(S)CC1C. The first-order valence-electron chi connectivity index (χ1n) is 3.88. The molecular formula is C8H16S. The molecule has 0 aromatic carbocycles. The Morgan fingerprint density at radius 1 is 1.11 bits per heavy atom. The minimum Gasteiger partial charge on any atom is -0.176 e. The maximum Gasteiger partial charge on any atom is 0.00195 e. The number of hydrogen-bond donors (Lipinski definition) is 1. The van der Waals surface area contributed by atoms with E-state index in [1.807, 2.05) is 0 Å². The molecule has 0 amide bonds.